The number of nitrogens with one attached hydrogen (secondary N) is 3. The Morgan fingerprint density at radius 3 is 2.26 bits per heavy atom. The minimum atomic E-state index is -0.108. The van der Waals surface area contributed by atoms with E-state index in [1.807, 2.05) is 31.2 Å². The zero-order valence-corrected chi connectivity index (χ0v) is 16.2. The molecule has 0 saturated heterocycles. The summed E-state index contributed by atoms with van der Waals surface area (Å²) >= 11 is 0. The summed E-state index contributed by atoms with van der Waals surface area (Å²) in [5.41, 5.74) is 2.32. The highest BCUT2D eigenvalue weighted by molar-refractivity contribution is 5.78. The molecule has 0 aromatic heterocycles. The molecule has 4 saturated carbocycles. The summed E-state index contributed by atoms with van der Waals surface area (Å²) in [5.74, 6) is 2.39. The molecule has 4 aliphatic rings. The van der Waals surface area contributed by atoms with Crippen molar-refractivity contribution < 1.29 is 9.59 Å². The summed E-state index contributed by atoms with van der Waals surface area (Å²) in [6, 6.07) is 7.92. The Morgan fingerprint density at radius 1 is 1.00 bits per heavy atom. The first-order valence-corrected chi connectivity index (χ1v) is 10.4. The van der Waals surface area contributed by atoms with Gasteiger partial charge < -0.3 is 16.0 Å². The maximum atomic E-state index is 12.4. The van der Waals surface area contributed by atoms with E-state index in [-0.39, 0.29) is 17.5 Å². The molecule has 4 bridgehead atoms. The average molecular weight is 370 g/mol. The van der Waals surface area contributed by atoms with Crippen LogP contribution < -0.4 is 16.0 Å². The van der Waals surface area contributed by atoms with Gasteiger partial charge in [0.1, 0.15) is 0 Å². The van der Waals surface area contributed by atoms with Gasteiger partial charge in [-0.1, -0.05) is 24.3 Å². The van der Waals surface area contributed by atoms with E-state index in [0.717, 1.165) is 42.6 Å². The van der Waals surface area contributed by atoms with E-state index < -0.39 is 0 Å². The van der Waals surface area contributed by atoms with E-state index in [1.165, 1.54) is 24.8 Å². The lowest BCUT2D eigenvalue weighted by molar-refractivity contribution is -0.121. The Morgan fingerprint density at radius 2 is 1.63 bits per heavy atom. The van der Waals surface area contributed by atoms with Crippen molar-refractivity contribution in [1.82, 2.24) is 16.0 Å². The van der Waals surface area contributed by atoms with Crippen LogP contribution in [0.25, 0.3) is 0 Å². The monoisotopic (exact) mass is 369 g/mol. The van der Waals surface area contributed by atoms with E-state index in [9.17, 15) is 9.59 Å². The first-order chi connectivity index (χ1) is 13.0. The highest BCUT2D eigenvalue weighted by Crippen LogP contribution is 2.55. The van der Waals surface area contributed by atoms with E-state index >= 15 is 0 Å². The summed E-state index contributed by atoms with van der Waals surface area (Å²) in [6.07, 6.45) is 7.83. The van der Waals surface area contributed by atoms with Crippen molar-refractivity contribution in [1.29, 1.82) is 0 Å². The first-order valence-electron chi connectivity index (χ1n) is 10.4. The average Bonchev–Trinajstić information content (AvgIpc) is 2.59. The van der Waals surface area contributed by atoms with E-state index in [4.69, 9.17) is 0 Å². The van der Waals surface area contributed by atoms with Crippen LogP contribution in [-0.4, -0.2) is 24.0 Å². The predicted molar refractivity (Wildman–Crippen MR) is 105 cm³/mol. The lowest BCUT2D eigenvalue weighted by Gasteiger charge is -2.56. The van der Waals surface area contributed by atoms with Gasteiger partial charge in [0.2, 0.25) is 5.91 Å². The molecular weight excluding hydrogens is 338 g/mol. The van der Waals surface area contributed by atoms with Crippen molar-refractivity contribution in [3.05, 3.63) is 35.4 Å². The largest absolute Gasteiger partial charge is 0.352 e. The molecule has 146 valence electrons. The molecule has 0 heterocycles. The predicted octanol–water partition coefficient (Wildman–Crippen LogP) is 3.27. The van der Waals surface area contributed by atoms with E-state index in [2.05, 4.69) is 16.0 Å². The molecule has 3 N–H and O–H groups in total. The van der Waals surface area contributed by atoms with Gasteiger partial charge in [0, 0.05) is 25.0 Å². The van der Waals surface area contributed by atoms with Gasteiger partial charge in [-0.25, -0.2) is 4.79 Å². The molecule has 1 aromatic rings. The fourth-order valence-corrected chi connectivity index (χ4v) is 5.93. The van der Waals surface area contributed by atoms with Crippen molar-refractivity contribution in [2.75, 3.05) is 6.54 Å². The molecule has 0 aliphatic heterocycles. The molecule has 5 heteroatoms. The highest BCUT2D eigenvalue weighted by atomic mass is 16.2. The minimum Gasteiger partial charge on any atom is -0.352 e. The Labute approximate surface area is 161 Å². The van der Waals surface area contributed by atoms with E-state index in [0.29, 0.717) is 19.5 Å². The van der Waals surface area contributed by atoms with Gasteiger partial charge >= 0.3 is 6.03 Å². The van der Waals surface area contributed by atoms with Crippen LogP contribution in [0.2, 0.25) is 0 Å². The zero-order chi connectivity index (χ0) is 18.9. The Bertz CT molecular complexity index is 680. The lowest BCUT2D eigenvalue weighted by Crippen LogP contribution is -2.61. The topological polar surface area (TPSA) is 70.2 Å². The van der Waals surface area contributed by atoms with Crippen molar-refractivity contribution >= 4 is 11.9 Å². The number of hydrogen-bond acceptors (Lipinski definition) is 2. The van der Waals surface area contributed by atoms with Gasteiger partial charge in [0.05, 0.1) is 0 Å². The molecule has 0 atom stereocenters. The van der Waals surface area contributed by atoms with Gasteiger partial charge in [0.15, 0.2) is 0 Å². The molecule has 3 amide bonds. The summed E-state index contributed by atoms with van der Waals surface area (Å²) in [7, 11) is 0. The number of amides is 3. The third kappa shape index (κ3) is 4.28. The molecule has 4 aliphatic carbocycles. The maximum Gasteiger partial charge on any atom is 0.315 e. The number of hydrogen-bond donors (Lipinski definition) is 3. The Balaban J connectivity index is 1.18. The van der Waals surface area contributed by atoms with Crippen LogP contribution in [0.3, 0.4) is 0 Å². The second-order valence-electron chi connectivity index (χ2n) is 9.03. The fourth-order valence-electron chi connectivity index (χ4n) is 5.93. The van der Waals surface area contributed by atoms with Crippen molar-refractivity contribution in [2.45, 2.75) is 64.0 Å². The quantitative estimate of drug-likeness (QED) is 0.720. The summed E-state index contributed by atoms with van der Waals surface area (Å²) < 4.78 is 0. The first kappa shape index (κ1) is 18.3. The number of carbonyl (C=O) groups excluding carboxylic acids is 2. The van der Waals surface area contributed by atoms with E-state index in [1.54, 1.807) is 0 Å². The summed E-state index contributed by atoms with van der Waals surface area (Å²) in [4.78, 5) is 24.4. The molecule has 5 rings (SSSR count). The molecule has 1 aromatic carbocycles. The number of aryl methyl sites for hydroxylation is 1. The SMILES string of the molecule is Cc1ccccc1CNC(=O)CCNC(=O)NC12CC3CC(CC(C3)C1)C2. The Kier molecular flexibility index (Phi) is 5.11. The molecule has 5 nitrogen and oxygen atoms in total. The molecule has 4 fully saturated rings. The van der Waals surface area contributed by atoms with Crippen LogP contribution in [0, 0.1) is 24.7 Å². The smallest absolute Gasteiger partial charge is 0.315 e. The van der Waals surface area contributed by atoms with Crippen LogP contribution >= 0.6 is 0 Å². The Hall–Kier alpha value is -2.04. The lowest BCUT2D eigenvalue weighted by atomic mass is 9.53. The highest BCUT2D eigenvalue weighted by Gasteiger charge is 2.51. The normalized spacial score (nSPS) is 30.8. The maximum absolute atomic E-state index is 12.4. The van der Waals surface area contributed by atoms with Crippen LogP contribution in [0.1, 0.15) is 56.1 Å². The second kappa shape index (κ2) is 7.53. The molecule has 27 heavy (non-hydrogen) atoms. The summed E-state index contributed by atoms with van der Waals surface area (Å²) in [6.45, 7) is 2.95. The van der Waals surface area contributed by atoms with Crippen LogP contribution in [0.5, 0.6) is 0 Å². The number of benzene rings is 1. The molecule has 0 radical (unpaired) electrons. The van der Waals surface area contributed by atoms with Gasteiger partial charge in [-0.05, 0) is 74.3 Å². The van der Waals surface area contributed by atoms with Crippen LogP contribution in [0.15, 0.2) is 24.3 Å². The molecular formula is C22H31N3O2. The van der Waals surface area contributed by atoms with Crippen molar-refractivity contribution in [2.24, 2.45) is 17.8 Å². The second-order valence-corrected chi connectivity index (χ2v) is 9.03. The molecule has 0 spiro atoms. The summed E-state index contributed by atoms with van der Waals surface area (Å²) in [5, 5.41) is 9.10. The fraction of sp³-hybridized carbons (Fsp3) is 0.636. The number of rotatable bonds is 6. The number of urea groups is 1. The van der Waals surface area contributed by atoms with Crippen molar-refractivity contribution in [3.63, 3.8) is 0 Å². The molecule has 0 unspecified atom stereocenters. The standard InChI is InChI=1S/C22H31N3O2/c1-15-4-2-3-5-19(15)14-24-20(26)6-7-23-21(27)25-22-11-16-8-17(12-22)10-18(9-16)13-22/h2-5,16-18H,6-14H2,1H3,(H,24,26)(H2,23,25,27). The minimum absolute atomic E-state index is 0.0198. The van der Waals surface area contributed by atoms with Gasteiger partial charge in [-0.15, -0.1) is 0 Å². The van der Waals surface area contributed by atoms with Crippen LogP contribution in [0.4, 0.5) is 4.79 Å². The van der Waals surface area contributed by atoms with Gasteiger partial charge in [-0.3, -0.25) is 4.79 Å². The third-order valence-corrected chi connectivity index (χ3v) is 6.79. The van der Waals surface area contributed by atoms with Crippen LogP contribution in [-0.2, 0) is 11.3 Å². The zero-order valence-electron chi connectivity index (χ0n) is 16.2. The van der Waals surface area contributed by atoms with Crippen molar-refractivity contribution in [3.8, 4) is 0 Å². The number of carbonyl (C=O) groups is 2. The van der Waals surface area contributed by atoms with Gasteiger partial charge in [0.25, 0.3) is 0 Å². The van der Waals surface area contributed by atoms with Gasteiger partial charge in [-0.2, -0.15) is 0 Å². The third-order valence-electron chi connectivity index (χ3n) is 6.79.